The minimum atomic E-state index is -1.98. The second kappa shape index (κ2) is 5.16. The van der Waals surface area contributed by atoms with Crippen LogP contribution in [-0.4, -0.2) is 91.9 Å². The van der Waals surface area contributed by atoms with Crippen molar-refractivity contribution in [3.63, 3.8) is 0 Å². The van der Waals surface area contributed by atoms with E-state index in [1.165, 1.54) is 7.05 Å². The van der Waals surface area contributed by atoms with Gasteiger partial charge in [-0.05, 0) is 13.0 Å². The number of fused-ring (bicyclic) bond motifs is 3. The van der Waals surface area contributed by atoms with Crippen molar-refractivity contribution in [3.05, 3.63) is 11.8 Å². The lowest BCUT2D eigenvalue weighted by atomic mass is 9.77. The molecule has 0 unspecified atom stereocenters. The number of hydrogen-bond acceptors (Lipinski definition) is 7. The third-order valence-corrected chi connectivity index (χ3v) is 6.92. The molecular weight excluding hydrogens is 356 g/mol. The van der Waals surface area contributed by atoms with Gasteiger partial charge in [-0.2, -0.15) is 0 Å². The normalized spacial score (nSPS) is 45.6. The fourth-order valence-corrected chi connectivity index (χ4v) is 4.91. The highest BCUT2D eigenvalue weighted by atomic mass is 16.5. The van der Waals surface area contributed by atoms with Gasteiger partial charge in [0.2, 0.25) is 0 Å². The summed E-state index contributed by atoms with van der Waals surface area (Å²) in [5.41, 5.74) is -4.54. The molecule has 4 aliphatic rings. The lowest BCUT2D eigenvalue weighted by molar-refractivity contribution is -0.157. The van der Waals surface area contributed by atoms with Gasteiger partial charge in [-0.15, -0.1) is 0 Å². The Labute approximate surface area is 156 Å². The van der Waals surface area contributed by atoms with Crippen LogP contribution in [0.1, 0.15) is 27.2 Å². The molecule has 2 amide bonds. The average molecular weight is 380 g/mol. The number of Topliss-reactive ketones (excluding diaryl/α,β-unsaturated/α-hetero) is 1. The highest BCUT2D eigenvalue weighted by Gasteiger charge is 2.75. The molecule has 9 heteroatoms. The van der Waals surface area contributed by atoms with E-state index in [-0.39, 0.29) is 17.9 Å². The molecule has 1 spiro atoms. The zero-order chi connectivity index (χ0) is 20.1. The van der Waals surface area contributed by atoms with Crippen LogP contribution in [0.15, 0.2) is 11.8 Å². The molecule has 2 saturated heterocycles. The number of piperazine rings is 1. The van der Waals surface area contributed by atoms with Gasteiger partial charge < -0.3 is 25.0 Å². The zero-order valence-corrected chi connectivity index (χ0v) is 15.7. The predicted molar refractivity (Wildman–Crippen MR) is 90.0 cm³/mol. The molecular formula is C18H24N2O7. The first-order valence-corrected chi connectivity index (χ1v) is 9.00. The topological polar surface area (TPSA) is 128 Å². The summed E-state index contributed by atoms with van der Waals surface area (Å²) in [5.74, 6) is -1.43. The fraction of sp³-hybridized carbons (Fsp3) is 0.722. The Balaban J connectivity index is 1.81. The Hall–Kier alpha value is -1.81. The van der Waals surface area contributed by atoms with Gasteiger partial charge >= 0.3 is 0 Å². The van der Waals surface area contributed by atoms with Gasteiger partial charge in [0.05, 0.1) is 24.2 Å². The maximum atomic E-state index is 13.1. The predicted octanol–water partition coefficient (Wildman–Crippen LogP) is -1.84. The number of rotatable bonds is 1. The number of carbonyl (C=O) groups excluding carboxylic acids is 3. The molecule has 3 N–H and O–H groups in total. The summed E-state index contributed by atoms with van der Waals surface area (Å²) >= 11 is 0. The number of ether oxygens (including phenoxy) is 1. The maximum Gasteiger partial charge on any atom is 0.270 e. The van der Waals surface area contributed by atoms with E-state index >= 15 is 0 Å². The summed E-state index contributed by atoms with van der Waals surface area (Å²) in [7, 11) is 1.39. The van der Waals surface area contributed by atoms with Crippen LogP contribution >= 0.6 is 0 Å². The Kier molecular flexibility index (Phi) is 3.55. The van der Waals surface area contributed by atoms with E-state index in [2.05, 4.69) is 0 Å². The van der Waals surface area contributed by atoms with Crippen molar-refractivity contribution in [2.45, 2.75) is 62.7 Å². The second-order valence-electron chi connectivity index (χ2n) is 8.56. The van der Waals surface area contributed by atoms with Gasteiger partial charge in [-0.1, -0.05) is 13.8 Å². The second-order valence-corrected chi connectivity index (χ2v) is 8.56. The lowest BCUT2D eigenvalue weighted by Crippen LogP contribution is -2.60. The first kappa shape index (κ1) is 18.5. The van der Waals surface area contributed by atoms with Crippen LogP contribution in [0.2, 0.25) is 0 Å². The van der Waals surface area contributed by atoms with Crippen LogP contribution < -0.4 is 0 Å². The molecule has 3 heterocycles. The van der Waals surface area contributed by atoms with Crippen molar-refractivity contribution in [2.24, 2.45) is 5.41 Å². The van der Waals surface area contributed by atoms with E-state index in [1.807, 2.05) is 0 Å². The van der Waals surface area contributed by atoms with Crippen LogP contribution in [0.5, 0.6) is 0 Å². The van der Waals surface area contributed by atoms with Crippen LogP contribution in [0.4, 0.5) is 0 Å². The quantitative estimate of drug-likeness (QED) is 0.488. The molecule has 6 atom stereocenters. The standard InChI is InChI=1S/C18H24N2O7/c1-8-16(2,3)14(24)18(27-8)6-11-17(26,15(18)25)5-9-12(22)19(4)10(7-21)13(23)20(9)11/h5,8,10-11,15,21,25-26H,6-7H2,1-4H3/t8-,10+,11-,15+,17+,18-/m1/s1. The third kappa shape index (κ3) is 1.90. The van der Waals surface area contributed by atoms with Crippen molar-refractivity contribution in [2.75, 3.05) is 13.7 Å². The third-order valence-electron chi connectivity index (χ3n) is 6.92. The van der Waals surface area contributed by atoms with E-state index in [4.69, 9.17) is 4.74 Å². The molecule has 0 aromatic carbocycles. The summed E-state index contributed by atoms with van der Waals surface area (Å²) < 4.78 is 5.90. The minimum Gasteiger partial charge on any atom is -0.394 e. The molecule has 0 aromatic heterocycles. The number of aliphatic hydroxyl groups excluding tert-OH is 2. The summed E-state index contributed by atoms with van der Waals surface area (Å²) in [6.07, 6.45) is -1.07. The molecule has 0 bridgehead atoms. The number of aliphatic hydroxyl groups is 3. The molecule has 3 fully saturated rings. The summed E-state index contributed by atoms with van der Waals surface area (Å²) in [6, 6.07) is -2.10. The van der Waals surface area contributed by atoms with Gasteiger partial charge in [-0.3, -0.25) is 19.3 Å². The van der Waals surface area contributed by atoms with Crippen molar-refractivity contribution in [1.82, 2.24) is 9.80 Å². The van der Waals surface area contributed by atoms with E-state index < -0.39 is 59.3 Å². The zero-order valence-electron chi connectivity index (χ0n) is 15.7. The largest absolute Gasteiger partial charge is 0.394 e. The molecule has 9 nitrogen and oxygen atoms in total. The minimum absolute atomic E-state index is 0.0497. The SMILES string of the molecule is C[C@H]1O[C@]2(C[C@H]3N4C(=O)[C@H](CO)N(C)C(=O)C4=C[C@@]3(O)[C@@H]2O)C(=O)C1(C)C. The molecule has 0 aromatic rings. The summed E-state index contributed by atoms with van der Waals surface area (Å²) in [4.78, 5) is 40.8. The van der Waals surface area contributed by atoms with Crippen molar-refractivity contribution >= 4 is 17.6 Å². The van der Waals surface area contributed by atoms with Crippen molar-refractivity contribution in [1.29, 1.82) is 0 Å². The van der Waals surface area contributed by atoms with E-state index in [1.54, 1.807) is 20.8 Å². The van der Waals surface area contributed by atoms with Crippen molar-refractivity contribution < 1.29 is 34.4 Å². The first-order chi connectivity index (χ1) is 12.4. The van der Waals surface area contributed by atoms with Crippen LogP contribution in [0.25, 0.3) is 0 Å². The number of carbonyl (C=O) groups is 3. The molecule has 4 rings (SSSR count). The molecule has 27 heavy (non-hydrogen) atoms. The highest BCUT2D eigenvalue weighted by molar-refractivity contribution is 6.06. The number of nitrogens with zero attached hydrogens (tertiary/aromatic N) is 2. The van der Waals surface area contributed by atoms with E-state index in [0.717, 1.165) is 15.9 Å². The van der Waals surface area contributed by atoms with Gasteiger partial charge in [0.15, 0.2) is 11.4 Å². The Bertz CT molecular complexity index is 793. The number of likely N-dealkylation sites (N-methyl/N-ethyl adjacent to an activating group) is 1. The molecule has 148 valence electrons. The Morgan fingerprint density at radius 2 is 1.93 bits per heavy atom. The van der Waals surface area contributed by atoms with E-state index in [0.29, 0.717) is 0 Å². The Morgan fingerprint density at radius 1 is 1.30 bits per heavy atom. The van der Waals surface area contributed by atoms with Crippen molar-refractivity contribution in [3.8, 4) is 0 Å². The van der Waals surface area contributed by atoms with Crippen LogP contribution in [0, 0.1) is 5.41 Å². The highest BCUT2D eigenvalue weighted by Crippen LogP contribution is 2.56. The monoisotopic (exact) mass is 380 g/mol. The average Bonchev–Trinajstić information content (AvgIpc) is 3.08. The van der Waals surface area contributed by atoms with E-state index in [9.17, 15) is 29.7 Å². The smallest absolute Gasteiger partial charge is 0.270 e. The fourth-order valence-electron chi connectivity index (χ4n) is 4.91. The number of amides is 2. The summed E-state index contributed by atoms with van der Waals surface area (Å²) in [6.45, 7) is 4.59. The number of ketones is 1. The number of hydrogen-bond donors (Lipinski definition) is 3. The molecule has 0 radical (unpaired) electrons. The van der Waals surface area contributed by atoms with Gasteiger partial charge in [-0.25, -0.2) is 0 Å². The maximum absolute atomic E-state index is 13.1. The van der Waals surface area contributed by atoms with Gasteiger partial charge in [0.1, 0.15) is 23.4 Å². The van der Waals surface area contributed by atoms with Gasteiger partial charge in [0.25, 0.3) is 11.8 Å². The Morgan fingerprint density at radius 3 is 2.44 bits per heavy atom. The molecule has 1 aliphatic carbocycles. The summed E-state index contributed by atoms with van der Waals surface area (Å²) in [5, 5.41) is 31.7. The van der Waals surface area contributed by atoms with Crippen LogP contribution in [0.3, 0.4) is 0 Å². The first-order valence-electron chi connectivity index (χ1n) is 9.00. The molecule has 3 aliphatic heterocycles. The van der Waals surface area contributed by atoms with Crippen LogP contribution in [-0.2, 0) is 19.1 Å². The van der Waals surface area contributed by atoms with Gasteiger partial charge in [0, 0.05) is 13.5 Å². The lowest BCUT2D eigenvalue weighted by Gasteiger charge is -2.40. The molecule has 1 saturated carbocycles.